The van der Waals surface area contributed by atoms with E-state index in [2.05, 4.69) is 0 Å². The molecule has 1 heterocycles. The van der Waals surface area contributed by atoms with E-state index in [9.17, 15) is 13.2 Å². The fourth-order valence-corrected chi connectivity index (χ4v) is 4.54. The first-order chi connectivity index (χ1) is 11.3. The van der Waals surface area contributed by atoms with Gasteiger partial charge in [-0.1, -0.05) is 25.4 Å². The highest BCUT2D eigenvalue weighted by Crippen LogP contribution is 2.29. The molecule has 0 saturated carbocycles. The lowest BCUT2D eigenvalue weighted by Gasteiger charge is -2.34. The molecule has 1 amide bonds. The van der Waals surface area contributed by atoms with Crippen molar-refractivity contribution in [1.29, 1.82) is 0 Å². The summed E-state index contributed by atoms with van der Waals surface area (Å²) in [5.41, 5.74) is 0. The predicted octanol–water partition coefficient (Wildman–Crippen LogP) is 2.23. The van der Waals surface area contributed by atoms with Gasteiger partial charge in [-0.05, 0) is 18.1 Å². The van der Waals surface area contributed by atoms with Crippen molar-refractivity contribution in [3.63, 3.8) is 0 Å². The number of hydrogen-bond donors (Lipinski definition) is 0. The Morgan fingerprint density at radius 3 is 2.38 bits per heavy atom. The van der Waals surface area contributed by atoms with Gasteiger partial charge < -0.3 is 9.64 Å². The first-order valence-electron chi connectivity index (χ1n) is 7.87. The number of halogens is 1. The van der Waals surface area contributed by atoms with Crippen LogP contribution in [0, 0.1) is 5.92 Å². The molecular weight excluding hydrogens is 352 g/mol. The van der Waals surface area contributed by atoms with Crippen LogP contribution < -0.4 is 4.74 Å². The maximum atomic E-state index is 12.8. The number of sulfonamides is 1. The molecule has 24 heavy (non-hydrogen) atoms. The summed E-state index contributed by atoms with van der Waals surface area (Å²) in [6.45, 7) is 5.33. The molecule has 1 aliphatic heterocycles. The first-order valence-corrected chi connectivity index (χ1v) is 9.69. The third-order valence-corrected chi connectivity index (χ3v) is 6.31. The van der Waals surface area contributed by atoms with Crippen LogP contribution in [0.15, 0.2) is 23.1 Å². The summed E-state index contributed by atoms with van der Waals surface area (Å²) in [6, 6.07) is 4.50. The molecule has 1 aliphatic rings. The zero-order valence-electron chi connectivity index (χ0n) is 14.2. The number of methoxy groups -OCH3 is 1. The van der Waals surface area contributed by atoms with Gasteiger partial charge in [-0.25, -0.2) is 8.42 Å². The summed E-state index contributed by atoms with van der Waals surface area (Å²) in [5.74, 6) is 0.866. The van der Waals surface area contributed by atoms with E-state index in [1.54, 1.807) is 11.0 Å². The van der Waals surface area contributed by atoms with E-state index in [0.717, 1.165) is 0 Å². The summed E-state index contributed by atoms with van der Waals surface area (Å²) in [5, 5.41) is 0.132. The maximum Gasteiger partial charge on any atom is 0.244 e. The van der Waals surface area contributed by atoms with E-state index in [4.69, 9.17) is 16.3 Å². The van der Waals surface area contributed by atoms with Gasteiger partial charge in [0.2, 0.25) is 15.9 Å². The van der Waals surface area contributed by atoms with Crippen LogP contribution in [0.1, 0.15) is 20.3 Å². The van der Waals surface area contributed by atoms with Gasteiger partial charge in [0.25, 0.3) is 0 Å². The molecule has 134 valence electrons. The van der Waals surface area contributed by atoms with Crippen molar-refractivity contribution in [2.45, 2.75) is 25.2 Å². The van der Waals surface area contributed by atoms with E-state index in [1.807, 2.05) is 13.8 Å². The highest BCUT2D eigenvalue weighted by molar-refractivity contribution is 7.89. The van der Waals surface area contributed by atoms with Crippen molar-refractivity contribution in [2.75, 3.05) is 33.3 Å². The molecule has 6 nitrogen and oxygen atoms in total. The SMILES string of the molecule is COc1ccc(S(=O)(=O)N2CCN(C(=O)CC(C)C)CC2)c(Cl)c1. The molecule has 1 saturated heterocycles. The Morgan fingerprint density at radius 1 is 1.25 bits per heavy atom. The third-order valence-electron chi connectivity index (χ3n) is 3.93. The summed E-state index contributed by atoms with van der Waals surface area (Å²) < 4.78 is 31.9. The second-order valence-electron chi connectivity index (χ2n) is 6.18. The molecule has 1 aromatic carbocycles. The van der Waals surface area contributed by atoms with Gasteiger partial charge in [0, 0.05) is 38.7 Å². The number of rotatable bonds is 5. The van der Waals surface area contributed by atoms with Gasteiger partial charge in [0.05, 0.1) is 12.1 Å². The van der Waals surface area contributed by atoms with Crippen LogP contribution in [0.5, 0.6) is 5.75 Å². The molecule has 0 spiro atoms. The lowest BCUT2D eigenvalue weighted by molar-refractivity contribution is -0.133. The van der Waals surface area contributed by atoms with E-state index < -0.39 is 10.0 Å². The number of carbonyl (C=O) groups excluding carboxylic acids is 1. The van der Waals surface area contributed by atoms with Gasteiger partial charge >= 0.3 is 0 Å². The number of benzene rings is 1. The molecule has 1 aromatic rings. The van der Waals surface area contributed by atoms with Gasteiger partial charge in [0.15, 0.2) is 0 Å². The minimum Gasteiger partial charge on any atom is -0.497 e. The van der Waals surface area contributed by atoms with Crippen LogP contribution in [-0.2, 0) is 14.8 Å². The number of amides is 1. The normalized spacial score (nSPS) is 16.5. The Hall–Kier alpha value is -1.31. The monoisotopic (exact) mass is 374 g/mol. The largest absolute Gasteiger partial charge is 0.497 e. The second kappa shape index (κ2) is 7.72. The molecule has 0 unspecified atom stereocenters. The van der Waals surface area contributed by atoms with Crippen LogP contribution in [0.4, 0.5) is 0 Å². The zero-order chi connectivity index (χ0) is 17.9. The van der Waals surface area contributed by atoms with Crippen LogP contribution in [-0.4, -0.2) is 56.8 Å². The lowest BCUT2D eigenvalue weighted by atomic mass is 10.1. The van der Waals surface area contributed by atoms with Crippen molar-refractivity contribution in [3.8, 4) is 5.75 Å². The zero-order valence-corrected chi connectivity index (χ0v) is 15.7. The molecule has 2 rings (SSSR count). The predicted molar refractivity (Wildman–Crippen MR) is 92.8 cm³/mol. The average molecular weight is 375 g/mol. The average Bonchev–Trinajstić information content (AvgIpc) is 2.53. The fraction of sp³-hybridized carbons (Fsp3) is 0.562. The van der Waals surface area contributed by atoms with Gasteiger partial charge in [0.1, 0.15) is 10.6 Å². The van der Waals surface area contributed by atoms with Gasteiger partial charge in [-0.15, -0.1) is 0 Å². The highest BCUT2D eigenvalue weighted by atomic mass is 35.5. The third kappa shape index (κ3) is 4.20. The lowest BCUT2D eigenvalue weighted by Crippen LogP contribution is -2.50. The molecule has 8 heteroatoms. The number of ether oxygens (including phenoxy) is 1. The van der Waals surface area contributed by atoms with E-state index in [-0.39, 0.29) is 34.8 Å². The number of carbonyl (C=O) groups is 1. The molecule has 0 aromatic heterocycles. The summed E-state index contributed by atoms with van der Waals surface area (Å²) in [6.07, 6.45) is 0.483. The molecule has 1 fully saturated rings. The number of nitrogens with zero attached hydrogens (tertiary/aromatic N) is 2. The molecule has 0 N–H and O–H groups in total. The van der Waals surface area contributed by atoms with E-state index in [1.165, 1.54) is 23.5 Å². The maximum absolute atomic E-state index is 12.8. The van der Waals surface area contributed by atoms with Gasteiger partial charge in [-0.2, -0.15) is 4.31 Å². The fourth-order valence-electron chi connectivity index (χ4n) is 2.61. The Balaban J connectivity index is 2.09. The minimum absolute atomic E-state index is 0.0620. The molecule has 0 aliphatic carbocycles. The van der Waals surface area contributed by atoms with E-state index >= 15 is 0 Å². The van der Waals surface area contributed by atoms with Crippen LogP contribution in [0.3, 0.4) is 0 Å². The summed E-state index contributed by atoms with van der Waals surface area (Å²) >= 11 is 6.10. The van der Waals surface area contributed by atoms with Crippen LogP contribution in [0.2, 0.25) is 5.02 Å². The first kappa shape index (κ1) is 19.0. The summed E-state index contributed by atoms with van der Waals surface area (Å²) in [4.78, 5) is 13.9. The minimum atomic E-state index is -3.68. The Labute approximate surface area is 148 Å². The van der Waals surface area contributed by atoms with Crippen LogP contribution in [0.25, 0.3) is 0 Å². The van der Waals surface area contributed by atoms with Crippen molar-refractivity contribution < 1.29 is 17.9 Å². The van der Waals surface area contributed by atoms with Crippen molar-refractivity contribution >= 4 is 27.5 Å². The van der Waals surface area contributed by atoms with Crippen molar-refractivity contribution in [2.24, 2.45) is 5.92 Å². The topological polar surface area (TPSA) is 66.9 Å². The number of piperazine rings is 1. The van der Waals surface area contributed by atoms with E-state index in [0.29, 0.717) is 25.3 Å². The molecular formula is C16H23ClN2O4S. The Morgan fingerprint density at radius 2 is 1.88 bits per heavy atom. The molecule has 0 atom stereocenters. The Bertz CT molecular complexity index is 698. The highest BCUT2D eigenvalue weighted by Gasteiger charge is 2.31. The quantitative estimate of drug-likeness (QED) is 0.792. The second-order valence-corrected chi connectivity index (χ2v) is 8.49. The Kier molecular flexibility index (Phi) is 6.11. The molecule has 0 bridgehead atoms. The molecule has 0 radical (unpaired) electrons. The van der Waals surface area contributed by atoms with Crippen LogP contribution >= 0.6 is 11.6 Å². The summed E-state index contributed by atoms with van der Waals surface area (Å²) in [7, 11) is -2.19. The van der Waals surface area contributed by atoms with Crippen molar-refractivity contribution in [3.05, 3.63) is 23.2 Å². The smallest absolute Gasteiger partial charge is 0.244 e. The van der Waals surface area contributed by atoms with Gasteiger partial charge in [-0.3, -0.25) is 4.79 Å². The standard InChI is InChI=1S/C16H23ClN2O4S/c1-12(2)10-16(20)18-6-8-19(9-7-18)24(21,22)15-5-4-13(23-3)11-14(15)17/h4-5,11-12H,6-10H2,1-3H3. The van der Waals surface area contributed by atoms with Crippen molar-refractivity contribution in [1.82, 2.24) is 9.21 Å². The number of hydrogen-bond acceptors (Lipinski definition) is 4.